The van der Waals surface area contributed by atoms with E-state index in [1.807, 2.05) is 0 Å². The molecule has 0 aliphatic carbocycles. The van der Waals surface area contributed by atoms with Crippen LogP contribution in [-0.4, -0.2) is 15.5 Å². The molecule has 96 valence electrons. The third-order valence-corrected chi connectivity index (χ3v) is 3.21. The average Bonchev–Trinajstić information content (AvgIpc) is 2.66. The number of hydrogen-bond acceptors (Lipinski definition) is 2. The molecule has 1 heterocycles. The van der Waals surface area contributed by atoms with Gasteiger partial charge in [-0.05, 0) is 32.0 Å². The van der Waals surface area contributed by atoms with Gasteiger partial charge in [-0.15, -0.1) is 11.6 Å². The van der Waals surface area contributed by atoms with Crippen LogP contribution in [0.4, 0.5) is 4.39 Å². The molecule has 0 fully saturated rings. The van der Waals surface area contributed by atoms with Gasteiger partial charge in [-0.25, -0.2) is 9.37 Å². The molecule has 0 aliphatic heterocycles. The molecule has 0 spiro atoms. The third kappa shape index (κ3) is 1.84. The second-order valence-corrected chi connectivity index (χ2v) is 4.82. The number of nitrogens with zero attached hydrogens (tertiary/aromatic N) is 2. The van der Waals surface area contributed by atoms with Crippen molar-refractivity contribution < 1.29 is 9.18 Å². The van der Waals surface area contributed by atoms with Crippen LogP contribution in [0.3, 0.4) is 0 Å². The van der Waals surface area contributed by atoms with Crippen LogP contribution < -0.4 is 5.73 Å². The van der Waals surface area contributed by atoms with Gasteiger partial charge >= 0.3 is 0 Å². The molecule has 18 heavy (non-hydrogen) atoms. The Morgan fingerprint density at radius 1 is 1.56 bits per heavy atom. The number of rotatable bonds is 3. The summed E-state index contributed by atoms with van der Waals surface area (Å²) in [7, 11) is 0. The number of imidazole rings is 1. The number of fused-ring (bicyclic) bond motifs is 1. The van der Waals surface area contributed by atoms with Crippen LogP contribution in [0.2, 0.25) is 0 Å². The molecule has 0 bridgehead atoms. The highest BCUT2D eigenvalue weighted by Crippen LogP contribution is 2.26. The zero-order chi connectivity index (χ0) is 13.5. The van der Waals surface area contributed by atoms with Crippen LogP contribution in [0.15, 0.2) is 18.2 Å². The van der Waals surface area contributed by atoms with E-state index in [0.29, 0.717) is 16.9 Å². The number of nitrogens with two attached hydrogens (primary N) is 1. The first-order valence-electron chi connectivity index (χ1n) is 5.41. The van der Waals surface area contributed by atoms with Gasteiger partial charge in [0.15, 0.2) is 0 Å². The van der Waals surface area contributed by atoms with E-state index < -0.39 is 17.3 Å². The van der Waals surface area contributed by atoms with E-state index in [1.165, 1.54) is 12.1 Å². The second-order valence-electron chi connectivity index (χ2n) is 4.55. The van der Waals surface area contributed by atoms with Gasteiger partial charge in [-0.2, -0.15) is 0 Å². The molecular formula is C12H13ClFN3O. The van der Waals surface area contributed by atoms with E-state index in [0.717, 1.165) is 0 Å². The fourth-order valence-corrected chi connectivity index (χ4v) is 2.10. The number of benzene rings is 1. The molecule has 0 radical (unpaired) electrons. The van der Waals surface area contributed by atoms with Gasteiger partial charge in [0.25, 0.3) is 0 Å². The summed E-state index contributed by atoms with van der Waals surface area (Å²) >= 11 is 5.82. The van der Waals surface area contributed by atoms with E-state index in [9.17, 15) is 9.18 Å². The predicted molar refractivity (Wildman–Crippen MR) is 67.8 cm³/mol. The predicted octanol–water partition coefficient (Wildman–Crippen LogP) is 2.13. The minimum Gasteiger partial charge on any atom is -0.368 e. The Morgan fingerprint density at radius 2 is 2.22 bits per heavy atom. The Hall–Kier alpha value is -1.62. The first-order chi connectivity index (χ1) is 8.37. The minimum absolute atomic E-state index is 0.118. The molecule has 1 amide bonds. The minimum atomic E-state index is -1.02. The lowest BCUT2D eigenvalue weighted by molar-refractivity contribution is -0.125. The van der Waals surface area contributed by atoms with Gasteiger partial charge in [0.2, 0.25) is 5.91 Å². The summed E-state index contributed by atoms with van der Waals surface area (Å²) in [5, 5.41) is 0. The fraction of sp³-hybridized carbons (Fsp3) is 0.333. The number of carbonyl (C=O) groups excluding carboxylic acids is 1. The van der Waals surface area contributed by atoms with Gasteiger partial charge in [0.1, 0.15) is 17.2 Å². The Kier molecular flexibility index (Phi) is 3.02. The Labute approximate surface area is 109 Å². The summed E-state index contributed by atoms with van der Waals surface area (Å²) in [6, 6.07) is 4.19. The highest BCUT2D eigenvalue weighted by Gasteiger charge is 2.31. The van der Waals surface area contributed by atoms with Crippen molar-refractivity contribution in [3.05, 3.63) is 29.8 Å². The van der Waals surface area contributed by atoms with E-state index >= 15 is 0 Å². The summed E-state index contributed by atoms with van der Waals surface area (Å²) in [6.45, 7) is 3.30. The van der Waals surface area contributed by atoms with Crippen molar-refractivity contribution in [1.29, 1.82) is 0 Å². The van der Waals surface area contributed by atoms with Gasteiger partial charge in [-0.1, -0.05) is 0 Å². The number of amides is 1. The van der Waals surface area contributed by atoms with Crippen LogP contribution in [-0.2, 0) is 16.2 Å². The van der Waals surface area contributed by atoms with Crippen molar-refractivity contribution in [2.24, 2.45) is 5.73 Å². The maximum Gasteiger partial charge on any atom is 0.243 e. The molecule has 0 saturated heterocycles. The second kappa shape index (κ2) is 4.24. The lowest BCUT2D eigenvalue weighted by Gasteiger charge is -2.25. The maximum absolute atomic E-state index is 13.3. The zero-order valence-corrected chi connectivity index (χ0v) is 10.8. The number of alkyl halides is 1. The smallest absolute Gasteiger partial charge is 0.243 e. The number of aromatic nitrogens is 2. The summed E-state index contributed by atoms with van der Waals surface area (Å²) in [5.41, 5.74) is 5.46. The summed E-state index contributed by atoms with van der Waals surface area (Å²) in [4.78, 5) is 15.8. The Bertz CT molecular complexity index is 621. The van der Waals surface area contributed by atoms with E-state index in [-0.39, 0.29) is 5.88 Å². The zero-order valence-electron chi connectivity index (χ0n) is 10.1. The number of carbonyl (C=O) groups is 1. The molecule has 1 aromatic carbocycles. The van der Waals surface area contributed by atoms with Gasteiger partial charge < -0.3 is 10.3 Å². The molecule has 0 atom stereocenters. The lowest BCUT2D eigenvalue weighted by atomic mass is 10.0. The van der Waals surface area contributed by atoms with Crippen LogP contribution in [0.1, 0.15) is 19.7 Å². The van der Waals surface area contributed by atoms with E-state index in [4.69, 9.17) is 17.3 Å². The lowest BCUT2D eigenvalue weighted by Crippen LogP contribution is -2.41. The normalized spacial score (nSPS) is 12.0. The standard InChI is InChI=1S/C12H13ClFN3O/c1-12(2,11(15)18)17-9-5-7(14)3-4-8(9)16-10(17)6-13/h3-5H,6H2,1-2H3,(H2,15,18). The van der Waals surface area contributed by atoms with Gasteiger partial charge in [0.05, 0.1) is 16.9 Å². The van der Waals surface area contributed by atoms with Crippen LogP contribution >= 0.6 is 11.6 Å². The number of hydrogen-bond donors (Lipinski definition) is 1. The van der Waals surface area contributed by atoms with Crippen molar-refractivity contribution >= 4 is 28.5 Å². The fourth-order valence-electron chi connectivity index (χ4n) is 1.92. The SMILES string of the molecule is CC(C)(C(N)=O)n1c(CCl)nc2ccc(F)cc21. The molecule has 2 N–H and O–H groups in total. The Balaban J connectivity index is 2.82. The topological polar surface area (TPSA) is 60.9 Å². The van der Waals surface area contributed by atoms with Gasteiger partial charge in [-0.3, -0.25) is 4.79 Å². The number of halogens is 2. The van der Waals surface area contributed by atoms with Crippen molar-refractivity contribution in [2.45, 2.75) is 25.3 Å². The van der Waals surface area contributed by atoms with Crippen molar-refractivity contribution in [1.82, 2.24) is 9.55 Å². The maximum atomic E-state index is 13.3. The van der Waals surface area contributed by atoms with Crippen LogP contribution in [0, 0.1) is 5.82 Å². The molecule has 4 nitrogen and oxygen atoms in total. The Morgan fingerprint density at radius 3 is 2.78 bits per heavy atom. The summed E-state index contributed by atoms with van der Waals surface area (Å²) < 4.78 is 14.9. The van der Waals surface area contributed by atoms with E-state index in [2.05, 4.69) is 4.98 Å². The average molecular weight is 270 g/mol. The quantitative estimate of drug-likeness (QED) is 0.868. The van der Waals surface area contributed by atoms with Crippen LogP contribution in [0.5, 0.6) is 0 Å². The third-order valence-electron chi connectivity index (χ3n) is 2.97. The molecule has 0 aliphatic rings. The highest BCUT2D eigenvalue weighted by molar-refractivity contribution is 6.17. The first-order valence-corrected chi connectivity index (χ1v) is 5.94. The first kappa shape index (κ1) is 12.8. The summed E-state index contributed by atoms with van der Waals surface area (Å²) in [5.74, 6) is -0.323. The molecule has 2 aromatic rings. The van der Waals surface area contributed by atoms with Crippen molar-refractivity contribution in [2.75, 3.05) is 0 Å². The number of primary amides is 1. The monoisotopic (exact) mass is 269 g/mol. The van der Waals surface area contributed by atoms with Crippen molar-refractivity contribution in [3.63, 3.8) is 0 Å². The molecule has 6 heteroatoms. The largest absolute Gasteiger partial charge is 0.368 e. The van der Waals surface area contributed by atoms with Gasteiger partial charge in [0, 0.05) is 0 Å². The summed E-state index contributed by atoms with van der Waals surface area (Å²) in [6.07, 6.45) is 0. The molecule has 0 saturated carbocycles. The molecule has 0 unspecified atom stereocenters. The molecule has 2 rings (SSSR count). The van der Waals surface area contributed by atoms with Crippen LogP contribution in [0.25, 0.3) is 11.0 Å². The molecular weight excluding hydrogens is 257 g/mol. The van der Waals surface area contributed by atoms with Crippen molar-refractivity contribution in [3.8, 4) is 0 Å². The highest BCUT2D eigenvalue weighted by atomic mass is 35.5. The van der Waals surface area contributed by atoms with E-state index in [1.54, 1.807) is 24.5 Å². The molecule has 1 aromatic heterocycles.